The smallest absolute Gasteiger partial charge is 0.106 e. The van der Waals surface area contributed by atoms with Gasteiger partial charge in [-0.25, -0.2) is 0 Å². The fourth-order valence-corrected chi connectivity index (χ4v) is 1.82. The summed E-state index contributed by atoms with van der Waals surface area (Å²) in [5.41, 5.74) is 4.12. The van der Waals surface area contributed by atoms with Gasteiger partial charge in [-0.1, -0.05) is 18.2 Å². The van der Waals surface area contributed by atoms with E-state index in [9.17, 15) is 0 Å². The summed E-state index contributed by atoms with van der Waals surface area (Å²) in [6.45, 7) is 2.54. The van der Waals surface area contributed by atoms with Gasteiger partial charge in [-0.2, -0.15) is 0 Å². The van der Waals surface area contributed by atoms with Gasteiger partial charge >= 0.3 is 0 Å². The van der Waals surface area contributed by atoms with E-state index < -0.39 is 0 Å². The van der Waals surface area contributed by atoms with Gasteiger partial charge in [0.25, 0.3) is 0 Å². The first kappa shape index (κ1) is 7.54. The first-order valence-electron chi connectivity index (χ1n) is 4.74. The predicted molar refractivity (Wildman–Crippen MR) is 48.5 cm³/mol. The first-order chi connectivity index (χ1) is 6.43. The minimum absolute atomic E-state index is 0.383. The van der Waals surface area contributed by atoms with Crippen LogP contribution in [-0.4, -0.2) is 13.2 Å². The first-order valence-corrected chi connectivity index (χ1v) is 4.74. The summed E-state index contributed by atoms with van der Waals surface area (Å²) in [5, 5.41) is 0. The van der Waals surface area contributed by atoms with Crippen molar-refractivity contribution in [3.05, 3.63) is 34.9 Å². The van der Waals surface area contributed by atoms with Gasteiger partial charge in [0, 0.05) is 0 Å². The molecule has 0 radical (unpaired) electrons. The van der Waals surface area contributed by atoms with Crippen LogP contribution >= 0.6 is 0 Å². The van der Waals surface area contributed by atoms with E-state index in [4.69, 9.17) is 9.47 Å². The Kier molecular flexibility index (Phi) is 1.64. The zero-order chi connectivity index (χ0) is 8.67. The van der Waals surface area contributed by atoms with Crippen molar-refractivity contribution in [3.63, 3.8) is 0 Å². The monoisotopic (exact) mass is 176 g/mol. The minimum Gasteiger partial charge on any atom is -0.376 e. The Morgan fingerprint density at radius 2 is 2.15 bits per heavy atom. The number of benzene rings is 1. The van der Waals surface area contributed by atoms with E-state index >= 15 is 0 Å². The molecule has 2 heterocycles. The van der Waals surface area contributed by atoms with Gasteiger partial charge in [-0.15, -0.1) is 0 Å². The van der Waals surface area contributed by atoms with E-state index in [1.807, 2.05) is 0 Å². The second-order valence-electron chi connectivity index (χ2n) is 3.65. The Labute approximate surface area is 77.5 Å². The molecule has 0 saturated carbocycles. The quantitative estimate of drug-likeness (QED) is 0.609. The maximum Gasteiger partial charge on any atom is 0.106 e. The van der Waals surface area contributed by atoms with Crippen molar-refractivity contribution in [2.45, 2.75) is 19.1 Å². The highest BCUT2D eigenvalue weighted by Crippen LogP contribution is 2.31. The summed E-state index contributed by atoms with van der Waals surface area (Å²) in [4.78, 5) is 0. The Bertz CT molecular complexity index is 329. The molecule has 0 bridgehead atoms. The molecule has 1 fully saturated rings. The van der Waals surface area contributed by atoms with Gasteiger partial charge in [-0.05, 0) is 23.1 Å². The third-order valence-corrected chi connectivity index (χ3v) is 2.71. The van der Waals surface area contributed by atoms with Crippen LogP contribution in [0.1, 0.15) is 22.8 Å². The van der Waals surface area contributed by atoms with Crippen LogP contribution in [0.4, 0.5) is 0 Å². The Morgan fingerprint density at radius 3 is 3.00 bits per heavy atom. The van der Waals surface area contributed by atoms with Gasteiger partial charge < -0.3 is 9.47 Å². The van der Waals surface area contributed by atoms with Gasteiger partial charge in [0.15, 0.2) is 0 Å². The van der Waals surface area contributed by atoms with Crippen molar-refractivity contribution in [1.82, 2.24) is 0 Å². The number of epoxide rings is 1. The molecule has 1 aromatic rings. The summed E-state index contributed by atoms with van der Waals surface area (Å²) in [6, 6.07) is 6.60. The highest BCUT2D eigenvalue weighted by molar-refractivity contribution is 5.34. The second kappa shape index (κ2) is 2.82. The highest BCUT2D eigenvalue weighted by atomic mass is 16.6. The third kappa shape index (κ3) is 1.36. The van der Waals surface area contributed by atoms with Crippen LogP contribution in [0.25, 0.3) is 0 Å². The Hall–Kier alpha value is -0.860. The molecular weight excluding hydrogens is 164 g/mol. The number of hydrogen-bond donors (Lipinski definition) is 0. The van der Waals surface area contributed by atoms with Gasteiger partial charge in [0.2, 0.25) is 0 Å². The van der Waals surface area contributed by atoms with E-state index in [0.29, 0.717) is 6.10 Å². The van der Waals surface area contributed by atoms with Gasteiger partial charge in [0.05, 0.1) is 19.8 Å². The molecule has 68 valence electrons. The molecule has 2 nitrogen and oxygen atoms in total. The van der Waals surface area contributed by atoms with Crippen LogP contribution in [0.5, 0.6) is 0 Å². The lowest BCUT2D eigenvalue weighted by atomic mass is 9.99. The maximum atomic E-state index is 5.38. The Morgan fingerprint density at radius 1 is 1.23 bits per heavy atom. The molecule has 2 heteroatoms. The van der Waals surface area contributed by atoms with Crippen molar-refractivity contribution in [3.8, 4) is 0 Å². The molecule has 1 saturated heterocycles. The number of fused-ring (bicyclic) bond motifs is 1. The summed E-state index contributed by atoms with van der Waals surface area (Å²) in [5.74, 6) is 0. The normalized spacial score (nSPS) is 25.4. The molecule has 3 rings (SSSR count). The molecule has 0 spiro atoms. The highest BCUT2D eigenvalue weighted by Gasteiger charge is 2.25. The van der Waals surface area contributed by atoms with E-state index in [2.05, 4.69) is 18.2 Å². The molecule has 0 amide bonds. The van der Waals surface area contributed by atoms with Crippen LogP contribution in [0.15, 0.2) is 18.2 Å². The fourth-order valence-electron chi connectivity index (χ4n) is 1.82. The third-order valence-electron chi connectivity index (χ3n) is 2.71. The summed E-state index contributed by atoms with van der Waals surface area (Å²) >= 11 is 0. The number of rotatable bonds is 1. The van der Waals surface area contributed by atoms with Gasteiger partial charge in [-0.3, -0.25) is 0 Å². The zero-order valence-electron chi connectivity index (χ0n) is 7.45. The molecule has 0 N–H and O–H groups in total. The zero-order valence-corrected chi connectivity index (χ0v) is 7.45. The van der Waals surface area contributed by atoms with Crippen LogP contribution < -0.4 is 0 Å². The van der Waals surface area contributed by atoms with Crippen molar-refractivity contribution < 1.29 is 9.47 Å². The minimum atomic E-state index is 0.383. The molecule has 2 aliphatic heterocycles. The molecule has 0 aromatic heterocycles. The predicted octanol–water partition coefficient (Wildman–Crippen LogP) is 1.83. The molecular formula is C11H12O2. The van der Waals surface area contributed by atoms with Crippen LogP contribution in [0.2, 0.25) is 0 Å². The molecule has 13 heavy (non-hydrogen) atoms. The summed E-state index contributed by atoms with van der Waals surface area (Å²) < 4.78 is 10.6. The average Bonchev–Trinajstić information content (AvgIpc) is 3.00. The van der Waals surface area contributed by atoms with Crippen molar-refractivity contribution in [2.24, 2.45) is 0 Å². The van der Waals surface area contributed by atoms with E-state index in [1.54, 1.807) is 0 Å². The number of ether oxygens (including phenoxy) is 2. The molecule has 0 aliphatic carbocycles. The van der Waals surface area contributed by atoms with Crippen LogP contribution in [0, 0.1) is 0 Å². The van der Waals surface area contributed by atoms with E-state index in [1.165, 1.54) is 16.7 Å². The average molecular weight is 176 g/mol. The molecule has 1 atom stereocenters. The lowest BCUT2D eigenvalue weighted by Gasteiger charge is -2.16. The largest absolute Gasteiger partial charge is 0.376 e. The standard InChI is InChI=1S/C11H12O2/c1-2-10-6-12-4-3-8(10)5-9(1)11-7-13-11/h1-2,5,11H,3-4,6-7H2. The topological polar surface area (TPSA) is 21.8 Å². The van der Waals surface area contributed by atoms with E-state index in [0.717, 1.165) is 26.2 Å². The number of hydrogen-bond acceptors (Lipinski definition) is 2. The SMILES string of the molecule is c1cc2c(cc1C1CO1)CCOC2. The Balaban J connectivity index is 1.98. The lowest BCUT2D eigenvalue weighted by molar-refractivity contribution is 0.110. The maximum absolute atomic E-state index is 5.38. The van der Waals surface area contributed by atoms with Crippen molar-refractivity contribution in [1.29, 1.82) is 0 Å². The summed E-state index contributed by atoms with van der Waals surface area (Å²) in [6.07, 6.45) is 1.43. The van der Waals surface area contributed by atoms with E-state index in [-0.39, 0.29) is 0 Å². The fraction of sp³-hybridized carbons (Fsp3) is 0.455. The second-order valence-corrected chi connectivity index (χ2v) is 3.65. The van der Waals surface area contributed by atoms with Crippen molar-refractivity contribution in [2.75, 3.05) is 13.2 Å². The van der Waals surface area contributed by atoms with Crippen LogP contribution in [-0.2, 0) is 22.5 Å². The summed E-state index contributed by atoms with van der Waals surface area (Å²) in [7, 11) is 0. The van der Waals surface area contributed by atoms with Gasteiger partial charge in [0.1, 0.15) is 6.10 Å². The van der Waals surface area contributed by atoms with Crippen molar-refractivity contribution >= 4 is 0 Å². The molecule has 2 aliphatic rings. The molecule has 1 aromatic carbocycles. The molecule has 1 unspecified atom stereocenters. The van der Waals surface area contributed by atoms with Crippen LogP contribution in [0.3, 0.4) is 0 Å². The lowest BCUT2D eigenvalue weighted by Crippen LogP contribution is -2.09.